The smallest absolute Gasteiger partial charge is 0.327 e. The number of carbonyl (C=O) groups excluding carboxylic acids is 1. The molecule has 1 aliphatic carbocycles. The van der Waals surface area contributed by atoms with Crippen molar-refractivity contribution in [3.05, 3.63) is 52.6 Å². The van der Waals surface area contributed by atoms with Crippen LogP contribution in [0.25, 0.3) is 5.69 Å². The van der Waals surface area contributed by atoms with E-state index in [2.05, 4.69) is 32.7 Å². The molecule has 3 fully saturated rings. The van der Waals surface area contributed by atoms with Crippen LogP contribution in [0, 0.1) is 11.8 Å². The molecule has 5 rings (SSSR count). The number of anilines is 1. The van der Waals surface area contributed by atoms with Crippen molar-refractivity contribution < 1.29 is 4.79 Å². The zero-order valence-corrected chi connectivity index (χ0v) is 17.5. The number of benzene rings is 1. The van der Waals surface area contributed by atoms with Gasteiger partial charge in [0.05, 0.1) is 5.69 Å². The molecule has 2 aromatic rings. The third kappa shape index (κ3) is 4.34. The maximum absolute atomic E-state index is 12.5. The highest BCUT2D eigenvalue weighted by atomic mass is 16.2. The molecule has 3 aliphatic rings. The fourth-order valence-electron chi connectivity index (χ4n) is 4.68. The minimum atomic E-state index is -0.418. The van der Waals surface area contributed by atoms with Gasteiger partial charge in [-0.05, 0) is 42.0 Å². The van der Waals surface area contributed by atoms with Crippen LogP contribution in [0.15, 0.2) is 41.3 Å². The Morgan fingerprint density at radius 2 is 1.84 bits per heavy atom. The van der Waals surface area contributed by atoms with Gasteiger partial charge in [-0.25, -0.2) is 9.59 Å². The van der Waals surface area contributed by atoms with Gasteiger partial charge in [0.25, 0.3) is 0 Å². The molecule has 0 radical (unpaired) electrons. The lowest BCUT2D eigenvalue weighted by molar-refractivity contribution is 0.204. The molecule has 9 heteroatoms. The molecule has 1 aromatic heterocycles. The molecule has 2 aliphatic heterocycles. The number of nitrogens with one attached hydrogen (secondary N) is 2. The molecule has 3 heterocycles. The van der Waals surface area contributed by atoms with Gasteiger partial charge in [-0.1, -0.05) is 12.1 Å². The van der Waals surface area contributed by atoms with Crippen molar-refractivity contribution in [2.24, 2.45) is 17.6 Å². The predicted molar refractivity (Wildman–Crippen MR) is 118 cm³/mol. The fraction of sp³-hybridized carbons (Fsp3) is 0.500. The number of aromatic nitrogens is 2. The number of nitrogens with two attached hydrogens (primary N) is 1. The number of piperidine rings is 1. The monoisotopic (exact) mass is 423 g/mol. The normalized spacial score (nSPS) is 25.3. The van der Waals surface area contributed by atoms with Crippen molar-refractivity contribution >= 4 is 11.8 Å². The second-order valence-electron chi connectivity index (χ2n) is 8.71. The lowest BCUT2D eigenvalue weighted by Gasteiger charge is -2.27. The van der Waals surface area contributed by atoms with Crippen LogP contribution in [-0.2, 0) is 6.42 Å². The average Bonchev–Trinajstić information content (AvgIpc) is 3.19. The van der Waals surface area contributed by atoms with Gasteiger partial charge < -0.3 is 20.9 Å². The molecule has 2 unspecified atom stereocenters. The Morgan fingerprint density at radius 3 is 2.52 bits per heavy atom. The number of carbonyl (C=O) groups is 1. The Balaban J connectivity index is 1.18. The van der Waals surface area contributed by atoms with Crippen LogP contribution in [0.4, 0.5) is 10.6 Å². The third-order valence-corrected chi connectivity index (χ3v) is 6.71. The molecule has 2 atom stereocenters. The lowest BCUT2D eigenvalue weighted by Crippen LogP contribution is -2.48. The second kappa shape index (κ2) is 8.41. The van der Waals surface area contributed by atoms with Crippen LogP contribution in [0.2, 0.25) is 0 Å². The minimum Gasteiger partial charge on any atom is -0.327 e. The van der Waals surface area contributed by atoms with Crippen molar-refractivity contribution in [3.63, 3.8) is 0 Å². The quantitative estimate of drug-likeness (QED) is 0.630. The largest absolute Gasteiger partial charge is 0.354 e. The summed E-state index contributed by atoms with van der Waals surface area (Å²) in [5.41, 5.74) is 7.59. The summed E-state index contributed by atoms with van der Waals surface area (Å²) in [6.45, 7) is 6.12. The van der Waals surface area contributed by atoms with E-state index in [1.54, 1.807) is 17.2 Å². The molecular weight excluding hydrogens is 394 g/mol. The van der Waals surface area contributed by atoms with Gasteiger partial charge in [-0.15, -0.1) is 0 Å². The Kier molecular flexibility index (Phi) is 5.47. The number of fused-ring (bicyclic) bond motifs is 1. The van der Waals surface area contributed by atoms with E-state index in [1.807, 2.05) is 12.1 Å². The van der Waals surface area contributed by atoms with Gasteiger partial charge in [0.2, 0.25) is 0 Å². The van der Waals surface area contributed by atoms with Gasteiger partial charge >= 0.3 is 11.7 Å². The van der Waals surface area contributed by atoms with E-state index in [0.29, 0.717) is 31.0 Å². The second-order valence-corrected chi connectivity index (χ2v) is 8.71. The number of urea groups is 1. The van der Waals surface area contributed by atoms with E-state index < -0.39 is 5.69 Å². The number of rotatable bonds is 5. The van der Waals surface area contributed by atoms with E-state index in [4.69, 9.17) is 5.73 Å². The summed E-state index contributed by atoms with van der Waals surface area (Å²) in [4.78, 5) is 33.0. The van der Waals surface area contributed by atoms with Crippen LogP contribution in [-0.4, -0.2) is 77.2 Å². The first-order valence-corrected chi connectivity index (χ1v) is 11.0. The van der Waals surface area contributed by atoms with Crippen LogP contribution >= 0.6 is 0 Å². The van der Waals surface area contributed by atoms with E-state index in [0.717, 1.165) is 44.8 Å². The molecule has 1 saturated carbocycles. The lowest BCUT2D eigenvalue weighted by atomic mass is 10.1. The topological polar surface area (TPSA) is 109 Å². The standard InChI is InChI=1S/C22H29N7O2/c23-20-17-13-27(14-18(17)20)9-5-15-1-3-16(4-2-15)29-10-6-19(26-22(29)31)25-21(30)28-11-7-24-8-12-28/h1-4,6,10,17-18,20,24H,5,7-9,11-14,23H2,(H,25,26,30,31). The zero-order chi connectivity index (χ0) is 21.4. The molecule has 0 spiro atoms. The molecule has 4 N–H and O–H groups in total. The third-order valence-electron chi connectivity index (χ3n) is 6.71. The summed E-state index contributed by atoms with van der Waals surface area (Å²) in [7, 11) is 0. The fourth-order valence-corrected chi connectivity index (χ4v) is 4.68. The SMILES string of the molecule is NC1C2CN(CCc3ccc(-n4ccc(NC(=O)N5CCNCC5)nc4=O)cc3)CC12. The van der Waals surface area contributed by atoms with Gasteiger partial charge in [0.15, 0.2) is 0 Å². The van der Waals surface area contributed by atoms with Gasteiger partial charge in [-0.2, -0.15) is 4.98 Å². The van der Waals surface area contributed by atoms with Crippen molar-refractivity contribution in [1.29, 1.82) is 0 Å². The molecule has 1 aromatic carbocycles. The van der Waals surface area contributed by atoms with Crippen molar-refractivity contribution in [2.45, 2.75) is 12.5 Å². The summed E-state index contributed by atoms with van der Waals surface area (Å²) in [5.74, 6) is 1.70. The van der Waals surface area contributed by atoms with E-state index in [-0.39, 0.29) is 11.8 Å². The van der Waals surface area contributed by atoms with E-state index >= 15 is 0 Å². The van der Waals surface area contributed by atoms with Crippen molar-refractivity contribution in [3.8, 4) is 5.69 Å². The summed E-state index contributed by atoms with van der Waals surface area (Å²) < 4.78 is 1.49. The Bertz CT molecular complexity index is 988. The number of hydrogen-bond acceptors (Lipinski definition) is 6. The van der Waals surface area contributed by atoms with Gasteiger partial charge in [-0.3, -0.25) is 9.88 Å². The van der Waals surface area contributed by atoms with Crippen LogP contribution in [0.1, 0.15) is 5.56 Å². The van der Waals surface area contributed by atoms with Crippen LogP contribution in [0.3, 0.4) is 0 Å². The zero-order valence-electron chi connectivity index (χ0n) is 17.5. The molecule has 2 amide bonds. The summed E-state index contributed by atoms with van der Waals surface area (Å²) in [5, 5.41) is 5.92. The number of hydrogen-bond donors (Lipinski definition) is 3. The van der Waals surface area contributed by atoms with E-state index in [9.17, 15) is 9.59 Å². The molecular formula is C22H29N7O2. The summed E-state index contributed by atoms with van der Waals surface area (Å²) in [6.07, 6.45) is 2.64. The van der Waals surface area contributed by atoms with Crippen LogP contribution in [0.5, 0.6) is 0 Å². The number of nitrogens with zero attached hydrogens (tertiary/aromatic N) is 4. The highest BCUT2D eigenvalue weighted by Crippen LogP contribution is 2.43. The molecule has 31 heavy (non-hydrogen) atoms. The van der Waals surface area contributed by atoms with E-state index in [1.165, 1.54) is 10.1 Å². The first kappa shape index (κ1) is 20.2. The van der Waals surface area contributed by atoms with Gasteiger partial charge in [0, 0.05) is 58.1 Å². The average molecular weight is 424 g/mol. The first-order valence-electron chi connectivity index (χ1n) is 11.0. The molecule has 9 nitrogen and oxygen atoms in total. The predicted octanol–water partition coefficient (Wildman–Crippen LogP) is 0.101. The highest BCUT2D eigenvalue weighted by Gasteiger charge is 2.53. The number of amides is 2. The number of piperazine rings is 1. The van der Waals surface area contributed by atoms with Gasteiger partial charge in [0.1, 0.15) is 5.82 Å². The molecule has 2 saturated heterocycles. The summed E-state index contributed by atoms with van der Waals surface area (Å²) >= 11 is 0. The maximum atomic E-state index is 12.5. The summed E-state index contributed by atoms with van der Waals surface area (Å²) in [6, 6.07) is 9.86. The van der Waals surface area contributed by atoms with Crippen molar-refractivity contribution in [1.82, 2.24) is 24.7 Å². The highest BCUT2D eigenvalue weighted by molar-refractivity contribution is 5.88. The van der Waals surface area contributed by atoms with Crippen LogP contribution < -0.4 is 22.1 Å². The Labute approximate surface area is 181 Å². The molecule has 0 bridgehead atoms. The first-order chi connectivity index (χ1) is 15.1. The number of likely N-dealkylation sites (tertiary alicyclic amines) is 1. The maximum Gasteiger partial charge on any atom is 0.354 e. The minimum absolute atomic E-state index is 0.229. The Morgan fingerprint density at radius 1 is 1.13 bits per heavy atom. The molecule has 164 valence electrons. The van der Waals surface area contributed by atoms with Crippen molar-refractivity contribution in [2.75, 3.05) is 51.1 Å². The Hall–Kier alpha value is -2.75.